The van der Waals surface area contributed by atoms with E-state index in [0.29, 0.717) is 41.9 Å². The Labute approximate surface area is 171 Å². The summed E-state index contributed by atoms with van der Waals surface area (Å²) in [4.78, 5) is 13.2. The van der Waals surface area contributed by atoms with Gasteiger partial charge in [-0.25, -0.2) is 15.5 Å². The highest BCUT2D eigenvalue weighted by Crippen LogP contribution is 2.28. The van der Waals surface area contributed by atoms with Gasteiger partial charge in [0.05, 0.1) is 13.7 Å². The molecule has 3 N–H and O–H groups in total. The van der Waals surface area contributed by atoms with E-state index in [4.69, 9.17) is 4.74 Å². The second-order valence-electron chi connectivity index (χ2n) is 7.29. The first kappa shape index (κ1) is 20.9. The van der Waals surface area contributed by atoms with Crippen molar-refractivity contribution < 1.29 is 15.1 Å². The second kappa shape index (κ2) is 9.11. The lowest BCUT2D eigenvalue weighted by atomic mass is 10.1. The van der Waals surface area contributed by atoms with Crippen LogP contribution in [0.15, 0.2) is 29.3 Å². The van der Waals surface area contributed by atoms with E-state index in [2.05, 4.69) is 52.4 Å². The summed E-state index contributed by atoms with van der Waals surface area (Å²) < 4.78 is 5.32. The highest BCUT2D eigenvalue weighted by molar-refractivity contribution is 5.83. The van der Waals surface area contributed by atoms with Crippen LogP contribution < -0.4 is 15.1 Å². The van der Waals surface area contributed by atoms with Crippen LogP contribution in [0.25, 0.3) is 0 Å². The van der Waals surface area contributed by atoms with Gasteiger partial charge in [-0.15, -0.1) is 0 Å². The number of rotatable bonds is 4. The zero-order valence-electron chi connectivity index (χ0n) is 17.4. The van der Waals surface area contributed by atoms with Crippen LogP contribution in [-0.2, 0) is 6.61 Å². The summed E-state index contributed by atoms with van der Waals surface area (Å²) in [5.74, 6) is 0.680. The number of aliphatic hydroxyl groups excluding tert-OH is 1. The molecule has 0 saturated carbocycles. The van der Waals surface area contributed by atoms with Crippen molar-refractivity contribution in [1.82, 2.24) is 15.4 Å². The maximum Gasteiger partial charge on any atom is 0.240 e. The van der Waals surface area contributed by atoms with Crippen LogP contribution in [0.1, 0.15) is 22.4 Å². The number of aliphatic imine (C=N–C) groups is 1. The number of aryl methyl sites for hydroxylation is 3. The smallest absolute Gasteiger partial charge is 0.240 e. The molecule has 0 aliphatic carbocycles. The zero-order valence-corrected chi connectivity index (χ0v) is 17.4. The van der Waals surface area contributed by atoms with E-state index in [-0.39, 0.29) is 6.61 Å². The minimum absolute atomic E-state index is 0.137. The van der Waals surface area contributed by atoms with Crippen molar-refractivity contribution in [3.63, 3.8) is 0 Å². The molecule has 0 amide bonds. The molecule has 1 aliphatic rings. The SMILES string of the molecule is COc1nc(C)c(CO)cc1N=C(NO)N1CCN(c2cc(C)cc(C)c2)CC1. The van der Waals surface area contributed by atoms with Crippen molar-refractivity contribution >= 4 is 17.3 Å². The van der Waals surface area contributed by atoms with Crippen molar-refractivity contribution in [2.45, 2.75) is 27.4 Å². The third-order valence-electron chi connectivity index (χ3n) is 5.10. The van der Waals surface area contributed by atoms with Gasteiger partial charge in [-0.3, -0.25) is 5.21 Å². The number of pyridine rings is 1. The average Bonchev–Trinajstić information content (AvgIpc) is 2.72. The largest absolute Gasteiger partial charge is 0.479 e. The molecule has 0 unspecified atom stereocenters. The lowest BCUT2D eigenvalue weighted by Crippen LogP contribution is -2.52. The Hall–Kier alpha value is -2.84. The number of anilines is 1. The maximum absolute atomic E-state index is 9.69. The van der Waals surface area contributed by atoms with Crippen LogP contribution in [0.4, 0.5) is 11.4 Å². The minimum Gasteiger partial charge on any atom is -0.479 e. The molecule has 0 atom stereocenters. The molecular formula is C21H29N5O3. The number of hydrogen-bond donors (Lipinski definition) is 3. The summed E-state index contributed by atoms with van der Waals surface area (Å²) in [5, 5.41) is 19.2. The molecule has 8 nitrogen and oxygen atoms in total. The normalized spacial score (nSPS) is 14.9. The van der Waals surface area contributed by atoms with Crippen LogP contribution in [-0.4, -0.2) is 59.4 Å². The summed E-state index contributed by atoms with van der Waals surface area (Å²) in [6.07, 6.45) is 0. The Morgan fingerprint density at radius 3 is 2.31 bits per heavy atom. The first-order valence-corrected chi connectivity index (χ1v) is 9.67. The fourth-order valence-electron chi connectivity index (χ4n) is 3.59. The van der Waals surface area contributed by atoms with Gasteiger partial charge in [-0.1, -0.05) is 6.07 Å². The van der Waals surface area contributed by atoms with Gasteiger partial charge < -0.3 is 19.6 Å². The number of nitrogens with zero attached hydrogens (tertiary/aromatic N) is 4. The van der Waals surface area contributed by atoms with E-state index in [1.54, 1.807) is 13.0 Å². The van der Waals surface area contributed by atoms with Gasteiger partial charge in [0.25, 0.3) is 0 Å². The van der Waals surface area contributed by atoms with E-state index in [1.807, 2.05) is 4.90 Å². The standard InChI is InChI=1S/C21H29N5O3/c1-14-9-15(2)11-18(10-14)25-5-7-26(8-6-25)21(24-28)23-19-12-17(13-27)16(3)22-20(19)29-4/h9-12,27-28H,5-8,13H2,1-4H3,(H,23,24). The molecule has 1 saturated heterocycles. The van der Waals surface area contributed by atoms with E-state index < -0.39 is 0 Å². The molecule has 8 heteroatoms. The number of benzene rings is 1. The number of hydrogen-bond acceptors (Lipinski definition) is 6. The van der Waals surface area contributed by atoms with Crippen molar-refractivity contribution in [1.29, 1.82) is 0 Å². The Morgan fingerprint density at radius 2 is 1.76 bits per heavy atom. The van der Waals surface area contributed by atoms with Gasteiger partial charge in [-0.05, 0) is 50.1 Å². The monoisotopic (exact) mass is 399 g/mol. The molecule has 0 radical (unpaired) electrons. The zero-order chi connectivity index (χ0) is 21.0. The fourth-order valence-corrected chi connectivity index (χ4v) is 3.59. The van der Waals surface area contributed by atoms with Gasteiger partial charge in [0.1, 0.15) is 5.69 Å². The number of guanidine groups is 1. The predicted molar refractivity (Wildman–Crippen MR) is 113 cm³/mol. The van der Waals surface area contributed by atoms with Gasteiger partial charge in [-0.2, -0.15) is 0 Å². The topological polar surface area (TPSA) is 93.4 Å². The molecule has 3 rings (SSSR count). The second-order valence-corrected chi connectivity index (χ2v) is 7.29. The molecule has 1 fully saturated rings. The number of ether oxygens (including phenoxy) is 1. The summed E-state index contributed by atoms with van der Waals surface area (Å²) >= 11 is 0. The number of piperazine rings is 1. The maximum atomic E-state index is 9.69. The lowest BCUT2D eigenvalue weighted by Gasteiger charge is -2.37. The van der Waals surface area contributed by atoms with Gasteiger partial charge in [0, 0.05) is 43.1 Å². The molecule has 0 spiro atoms. The number of aromatic nitrogens is 1. The summed E-state index contributed by atoms with van der Waals surface area (Å²) in [6.45, 7) is 8.92. The van der Waals surface area contributed by atoms with Crippen molar-refractivity contribution in [3.8, 4) is 5.88 Å². The van der Waals surface area contributed by atoms with Crippen molar-refractivity contribution in [2.75, 3.05) is 38.2 Å². The lowest BCUT2D eigenvalue weighted by molar-refractivity contribution is 0.207. The van der Waals surface area contributed by atoms with E-state index >= 15 is 0 Å². The molecule has 1 aromatic heterocycles. The molecule has 1 aromatic carbocycles. The van der Waals surface area contributed by atoms with Crippen LogP contribution in [0, 0.1) is 20.8 Å². The minimum atomic E-state index is -0.137. The van der Waals surface area contributed by atoms with Gasteiger partial charge in [0.15, 0.2) is 0 Å². The van der Waals surface area contributed by atoms with Gasteiger partial charge >= 0.3 is 0 Å². The van der Waals surface area contributed by atoms with E-state index in [9.17, 15) is 10.3 Å². The quantitative estimate of drug-likeness (QED) is 0.413. The van der Waals surface area contributed by atoms with Crippen molar-refractivity contribution in [2.24, 2.45) is 4.99 Å². The number of aliphatic hydroxyl groups is 1. The number of methoxy groups -OCH3 is 1. The molecule has 2 heterocycles. The van der Waals surface area contributed by atoms with Crippen LogP contribution >= 0.6 is 0 Å². The predicted octanol–water partition coefficient (Wildman–Crippen LogP) is 2.30. The Balaban J connectivity index is 1.78. The molecule has 156 valence electrons. The molecular weight excluding hydrogens is 370 g/mol. The Morgan fingerprint density at radius 1 is 1.10 bits per heavy atom. The Bertz CT molecular complexity index is 872. The average molecular weight is 399 g/mol. The molecule has 1 aliphatic heterocycles. The molecule has 2 aromatic rings. The molecule has 29 heavy (non-hydrogen) atoms. The fraction of sp³-hybridized carbons (Fsp3) is 0.429. The van der Waals surface area contributed by atoms with Gasteiger partial charge in [0.2, 0.25) is 11.8 Å². The first-order chi connectivity index (χ1) is 13.9. The van der Waals surface area contributed by atoms with E-state index in [1.165, 1.54) is 23.9 Å². The van der Waals surface area contributed by atoms with Crippen molar-refractivity contribution in [3.05, 3.63) is 46.6 Å². The number of nitrogens with one attached hydrogen (secondary N) is 1. The highest BCUT2D eigenvalue weighted by atomic mass is 16.5. The molecule has 0 bridgehead atoms. The summed E-state index contributed by atoms with van der Waals surface area (Å²) in [5.41, 5.74) is 7.73. The Kier molecular flexibility index (Phi) is 6.56. The first-order valence-electron chi connectivity index (χ1n) is 9.67. The van der Waals surface area contributed by atoms with Crippen LogP contribution in [0.3, 0.4) is 0 Å². The van der Waals surface area contributed by atoms with Crippen LogP contribution in [0.2, 0.25) is 0 Å². The third kappa shape index (κ3) is 4.78. The van der Waals surface area contributed by atoms with E-state index in [0.717, 1.165) is 13.1 Å². The summed E-state index contributed by atoms with van der Waals surface area (Å²) in [6, 6.07) is 8.29. The number of hydroxylamine groups is 1. The third-order valence-corrected chi connectivity index (χ3v) is 5.10. The highest BCUT2D eigenvalue weighted by Gasteiger charge is 2.21. The summed E-state index contributed by atoms with van der Waals surface area (Å²) in [7, 11) is 1.52. The van der Waals surface area contributed by atoms with Crippen LogP contribution in [0.5, 0.6) is 5.88 Å².